The van der Waals surface area contributed by atoms with Crippen LogP contribution in [0.15, 0.2) is 24.3 Å². The minimum atomic E-state index is 0. The molecule has 1 aromatic rings. The van der Waals surface area contributed by atoms with Crippen LogP contribution in [0.5, 0.6) is 0 Å². The maximum absolute atomic E-state index is 12.3. The third-order valence-electron chi connectivity index (χ3n) is 4.50. The lowest BCUT2D eigenvalue weighted by Crippen LogP contribution is -2.37. The number of aryl methyl sites for hydroxylation is 1. The van der Waals surface area contributed by atoms with E-state index in [1.54, 1.807) is 0 Å². The zero-order chi connectivity index (χ0) is 14.5. The van der Waals surface area contributed by atoms with Gasteiger partial charge in [-0.2, -0.15) is 0 Å². The van der Waals surface area contributed by atoms with Gasteiger partial charge in [0, 0.05) is 26.1 Å². The van der Waals surface area contributed by atoms with Crippen LogP contribution in [-0.4, -0.2) is 23.9 Å². The molecule has 1 fully saturated rings. The highest BCUT2D eigenvalue weighted by Gasteiger charge is 2.25. The number of hydrogen-bond acceptors (Lipinski definition) is 2. The Kier molecular flexibility index (Phi) is 7.20. The number of benzene rings is 1. The Balaban J connectivity index is 0.00000220. The van der Waals surface area contributed by atoms with Crippen LogP contribution in [0.2, 0.25) is 0 Å². The summed E-state index contributed by atoms with van der Waals surface area (Å²) in [7, 11) is 1.89. The fourth-order valence-electron chi connectivity index (χ4n) is 3.00. The maximum Gasteiger partial charge on any atom is 0.222 e. The standard InChI is InChI=1S/C17H26N2O.ClH/c1-13-7-3-4-9-15(13)12-19(2)17(20)11-14-8-5-6-10-16(14)18;/h3-4,7,9,14,16H,5-6,8,10-12,18H2,1-2H3;1H. The molecule has 1 saturated carbocycles. The average molecular weight is 311 g/mol. The largest absolute Gasteiger partial charge is 0.341 e. The van der Waals surface area contributed by atoms with Crippen molar-refractivity contribution in [1.29, 1.82) is 0 Å². The molecule has 0 radical (unpaired) electrons. The van der Waals surface area contributed by atoms with Gasteiger partial charge >= 0.3 is 0 Å². The first-order valence-electron chi connectivity index (χ1n) is 7.62. The topological polar surface area (TPSA) is 46.3 Å². The van der Waals surface area contributed by atoms with Gasteiger partial charge in [0.25, 0.3) is 0 Å². The molecule has 0 spiro atoms. The summed E-state index contributed by atoms with van der Waals surface area (Å²) in [5, 5.41) is 0. The van der Waals surface area contributed by atoms with Crippen molar-refractivity contribution in [3.05, 3.63) is 35.4 Å². The van der Waals surface area contributed by atoms with Crippen LogP contribution < -0.4 is 5.73 Å². The van der Waals surface area contributed by atoms with E-state index in [0.717, 1.165) is 12.8 Å². The summed E-state index contributed by atoms with van der Waals surface area (Å²) in [5.41, 5.74) is 8.59. The van der Waals surface area contributed by atoms with E-state index in [2.05, 4.69) is 19.1 Å². The smallest absolute Gasteiger partial charge is 0.222 e. The predicted octanol–water partition coefficient (Wildman–Crippen LogP) is 3.28. The van der Waals surface area contributed by atoms with Crippen LogP contribution in [0, 0.1) is 12.8 Å². The van der Waals surface area contributed by atoms with E-state index in [9.17, 15) is 4.79 Å². The van der Waals surface area contributed by atoms with Gasteiger partial charge in [-0.3, -0.25) is 4.79 Å². The molecule has 0 saturated heterocycles. The maximum atomic E-state index is 12.3. The zero-order valence-corrected chi connectivity index (χ0v) is 13.9. The predicted molar refractivity (Wildman–Crippen MR) is 89.5 cm³/mol. The molecule has 0 aromatic heterocycles. The highest BCUT2D eigenvalue weighted by atomic mass is 35.5. The van der Waals surface area contributed by atoms with E-state index in [0.29, 0.717) is 18.9 Å². The summed E-state index contributed by atoms with van der Waals surface area (Å²) >= 11 is 0. The molecular formula is C17H27ClN2O. The molecule has 21 heavy (non-hydrogen) atoms. The van der Waals surface area contributed by atoms with Crippen molar-refractivity contribution in [1.82, 2.24) is 4.90 Å². The molecule has 0 heterocycles. The minimum Gasteiger partial charge on any atom is -0.341 e. The summed E-state index contributed by atoms with van der Waals surface area (Å²) in [6.45, 7) is 2.78. The molecule has 2 rings (SSSR count). The third kappa shape index (κ3) is 5.01. The van der Waals surface area contributed by atoms with Crippen LogP contribution in [0.3, 0.4) is 0 Å². The summed E-state index contributed by atoms with van der Waals surface area (Å²) in [4.78, 5) is 14.2. The molecule has 0 bridgehead atoms. The average Bonchev–Trinajstić information content (AvgIpc) is 2.43. The first-order valence-corrected chi connectivity index (χ1v) is 7.62. The fourth-order valence-corrected chi connectivity index (χ4v) is 3.00. The molecule has 1 aromatic carbocycles. The Bertz CT molecular complexity index is 464. The van der Waals surface area contributed by atoms with E-state index in [-0.39, 0.29) is 24.4 Å². The first-order chi connectivity index (χ1) is 9.58. The monoisotopic (exact) mass is 310 g/mol. The third-order valence-corrected chi connectivity index (χ3v) is 4.50. The van der Waals surface area contributed by atoms with Gasteiger partial charge in [-0.1, -0.05) is 37.1 Å². The zero-order valence-electron chi connectivity index (χ0n) is 13.0. The van der Waals surface area contributed by atoms with Gasteiger partial charge in [-0.15, -0.1) is 12.4 Å². The second-order valence-electron chi connectivity index (χ2n) is 6.09. The number of carbonyl (C=O) groups excluding carboxylic acids is 1. The van der Waals surface area contributed by atoms with Gasteiger partial charge in [-0.25, -0.2) is 0 Å². The van der Waals surface area contributed by atoms with Crippen LogP contribution >= 0.6 is 12.4 Å². The number of carbonyl (C=O) groups is 1. The molecule has 1 aliphatic rings. The Labute approximate surface area is 134 Å². The lowest BCUT2D eigenvalue weighted by atomic mass is 9.83. The summed E-state index contributed by atoms with van der Waals surface area (Å²) in [6, 6.07) is 8.44. The van der Waals surface area contributed by atoms with Crippen LogP contribution in [0.4, 0.5) is 0 Å². The first kappa shape index (κ1) is 18.0. The number of hydrogen-bond donors (Lipinski definition) is 1. The van der Waals surface area contributed by atoms with Crippen molar-refractivity contribution in [3.63, 3.8) is 0 Å². The highest BCUT2D eigenvalue weighted by molar-refractivity contribution is 5.85. The highest BCUT2D eigenvalue weighted by Crippen LogP contribution is 2.26. The Morgan fingerprint density at radius 1 is 1.29 bits per heavy atom. The van der Waals surface area contributed by atoms with Crippen molar-refractivity contribution in [2.45, 2.75) is 51.6 Å². The quantitative estimate of drug-likeness (QED) is 0.927. The summed E-state index contributed by atoms with van der Waals surface area (Å²) in [6.07, 6.45) is 5.20. The molecule has 2 atom stereocenters. The SMILES string of the molecule is Cc1ccccc1CN(C)C(=O)CC1CCCCC1N.Cl. The van der Waals surface area contributed by atoms with Gasteiger partial charge < -0.3 is 10.6 Å². The van der Waals surface area contributed by atoms with Gasteiger partial charge in [-0.05, 0) is 36.8 Å². The van der Waals surface area contributed by atoms with Crippen molar-refractivity contribution in [2.24, 2.45) is 11.7 Å². The number of nitrogens with two attached hydrogens (primary N) is 1. The van der Waals surface area contributed by atoms with Gasteiger partial charge in [0.1, 0.15) is 0 Å². The van der Waals surface area contributed by atoms with E-state index in [1.165, 1.54) is 24.0 Å². The number of nitrogens with zero attached hydrogens (tertiary/aromatic N) is 1. The number of amides is 1. The normalized spacial score (nSPS) is 21.5. The molecule has 3 nitrogen and oxygen atoms in total. The molecule has 1 amide bonds. The molecule has 2 unspecified atom stereocenters. The number of halogens is 1. The lowest BCUT2D eigenvalue weighted by Gasteiger charge is -2.29. The van der Waals surface area contributed by atoms with Gasteiger partial charge in [0.15, 0.2) is 0 Å². The summed E-state index contributed by atoms with van der Waals surface area (Å²) in [5.74, 6) is 0.589. The Morgan fingerprint density at radius 2 is 1.95 bits per heavy atom. The fraction of sp³-hybridized carbons (Fsp3) is 0.588. The van der Waals surface area contributed by atoms with Crippen molar-refractivity contribution in [3.8, 4) is 0 Å². The lowest BCUT2D eigenvalue weighted by molar-refractivity contribution is -0.131. The van der Waals surface area contributed by atoms with E-state index < -0.39 is 0 Å². The molecule has 4 heteroatoms. The Hall–Kier alpha value is -1.06. The van der Waals surface area contributed by atoms with Crippen molar-refractivity contribution >= 4 is 18.3 Å². The Morgan fingerprint density at radius 3 is 2.62 bits per heavy atom. The molecule has 0 aliphatic heterocycles. The van der Waals surface area contributed by atoms with E-state index in [1.807, 2.05) is 24.1 Å². The molecular weight excluding hydrogens is 284 g/mol. The van der Waals surface area contributed by atoms with E-state index >= 15 is 0 Å². The number of rotatable bonds is 4. The van der Waals surface area contributed by atoms with E-state index in [4.69, 9.17) is 5.73 Å². The van der Waals surface area contributed by atoms with Crippen LogP contribution in [0.1, 0.15) is 43.2 Å². The van der Waals surface area contributed by atoms with Gasteiger partial charge in [0.2, 0.25) is 5.91 Å². The second-order valence-corrected chi connectivity index (χ2v) is 6.09. The van der Waals surface area contributed by atoms with Crippen LogP contribution in [0.25, 0.3) is 0 Å². The summed E-state index contributed by atoms with van der Waals surface area (Å²) < 4.78 is 0. The minimum absolute atomic E-state index is 0. The molecule has 2 N–H and O–H groups in total. The van der Waals surface area contributed by atoms with Crippen LogP contribution in [-0.2, 0) is 11.3 Å². The second kappa shape index (κ2) is 8.40. The van der Waals surface area contributed by atoms with Gasteiger partial charge in [0.05, 0.1) is 0 Å². The molecule has 1 aliphatic carbocycles. The van der Waals surface area contributed by atoms with Crippen molar-refractivity contribution in [2.75, 3.05) is 7.05 Å². The van der Waals surface area contributed by atoms with Crippen molar-refractivity contribution < 1.29 is 4.79 Å². The molecule has 118 valence electrons.